The summed E-state index contributed by atoms with van der Waals surface area (Å²) < 4.78 is 29.0. The topological polar surface area (TPSA) is 39.7 Å². The second kappa shape index (κ2) is 10.7. The molecule has 0 bridgehead atoms. The van der Waals surface area contributed by atoms with Gasteiger partial charge in [0.15, 0.2) is 0 Å². The number of hydrogen-bond donors (Lipinski definition) is 1. The van der Waals surface area contributed by atoms with Gasteiger partial charge in [-0.3, -0.25) is 0 Å². The second-order valence-corrected chi connectivity index (χ2v) is 4.43. The fourth-order valence-corrected chi connectivity index (χ4v) is 1.79. The van der Waals surface area contributed by atoms with E-state index in [1.807, 2.05) is 7.05 Å². The molecule has 1 aromatic carbocycles. The molecule has 0 heterocycles. The lowest BCUT2D eigenvalue weighted by Crippen LogP contribution is -2.21. The number of methoxy groups -OCH3 is 1. The number of nitrogens with one attached hydrogen (secondary N) is 1. The summed E-state index contributed by atoms with van der Waals surface area (Å²) in [6.07, 6.45) is 0.789. The smallest absolute Gasteiger partial charge is 0.123 e. The van der Waals surface area contributed by atoms with Crippen molar-refractivity contribution in [3.05, 3.63) is 35.6 Å². The van der Waals surface area contributed by atoms with Crippen molar-refractivity contribution in [1.82, 2.24) is 5.32 Å². The van der Waals surface area contributed by atoms with Crippen molar-refractivity contribution in [3.8, 4) is 0 Å². The molecule has 0 radical (unpaired) electrons. The largest absolute Gasteiger partial charge is 0.385 e. The number of likely N-dealkylation sites (N-methyl/N-ethyl adjacent to an activating group) is 1. The van der Waals surface area contributed by atoms with Crippen LogP contribution in [0, 0.1) is 5.82 Å². The molecule has 114 valence electrons. The molecule has 0 aliphatic carbocycles. The van der Waals surface area contributed by atoms with E-state index in [0.29, 0.717) is 33.0 Å². The third kappa shape index (κ3) is 6.96. The molecule has 1 unspecified atom stereocenters. The summed E-state index contributed by atoms with van der Waals surface area (Å²) in [4.78, 5) is 0. The van der Waals surface area contributed by atoms with Crippen molar-refractivity contribution in [2.24, 2.45) is 0 Å². The van der Waals surface area contributed by atoms with Crippen LogP contribution in [0.2, 0.25) is 0 Å². The molecule has 0 spiro atoms. The Morgan fingerprint density at radius 3 is 2.50 bits per heavy atom. The zero-order chi connectivity index (χ0) is 14.6. The quantitative estimate of drug-likeness (QED) is 0.632. The van der Waals surface area contributed by atoms with Gasteiger partial charge >= 0.3 is 0 Å². The Kier molecular flexibility index (Phi) is 9.15. The van der Waals surface area contributed by atoms with E-state index in [2.05, 4.69) is 5.32 Å². The third-order valence-electron chi connectivity index (χ3n) is 2.82. The normalized spacial score (nSPS) is 12.6. The number of halogens is 1. The van der Waals surface area contributed by atoms with Crippen LogP contribution in [0.3, 0.4) is 0 Å². The highest BCUT2D eigenvalue weighted by Gasteiger charge is 2.11. The summed E-state index contributed by atoms with van der Waals surface area (Å²) in [6.45, 7) is 3.11. The summed E-state index contributed by atoms with van der Waals surface area (Å²) in [5.41, 5.74) is 0.958. The number of hydrogen-bond acceptors (Lipinski definition) is 4. The highest BCUT2D eigenvalue weighted by atomic mass is 19.1. The van der Waals surface area contributed by atoms with E-state index < -0.39 is 0 Å². The van der Waals surface area contributed by atoms with Crippen LogP contribution >= 0.6 is 0 Å². The minimum absolute atomic E-state index is 0.0943. The van der Waals surface area contributed by atoms with Gasteiger partial charge in [-0.1, -0.05) is 12.1 Å². The van der Waals surface area contributed by atoms with Gasteiger partial charge in [0, 0.05) is 26.9 Å². The van der Waals surface area contributed by atoms with Gasteiger partial charge in [-0.15, -0.1) is 0 Å². The van der Waals surface area contributed by atoms with Crippen LogP contribution in [0.1, 0.15) is 18.1 Å². The third-order valence-corrected chi connectivity index (χ3v) is 2.82. The molecule has 0 amide bonds. The maximum atomic E-state index is 12.9. The van der Waals surface area contributed by atoms with Gasteiger partial charge in [0.1, 0.15) is 5.82 Å². The van der Waals surface area contributed by atoms with Crippen molar-refractivity contribution in [2.75, 3.05) is 47.1 Å². The summed E-state index contributed by atoms with van der Waals surface area (Å²) in [5, 5.41) is 3.07. The van der Waals surface area contributed by atoms with Crippen molar-refractivity contribution < 1.29 is 18.6 Å². The lowest BCUT2D eigenvalue weighted by atomic mass is 10.1. The Morgan fingerprint density at radius 1 is 1.10 bits per heavy atom. The first-order valence-electron chi connectivity index (χ1n) is 6.86. The molecule has 5 heteroatoms. The molecule has 0 fully saturated rings. The summed E-state index contributed by atoms with van der Waals surface area (Å²) in [5.74, 6) is -0.238. The van der Waals surface area contributed by atoms with Gasteiger partial charge in [-0.25, -0.2) is 4.39 Å². The van der Waals surface area contributed by atoms with Crippen molar-refractivity contribution in [1.29, 1.82) is 0 Å². The minimum atomic E-state index is -0.238. The van der Waals surface area contributed by atoms with Gasteiger partial charge in [0.2, 0.25) is 0 Å². The summed E-state index contributed by atoms with van der Waals surface area (Å²) in [7, 11) is 3.54. The fraction of sp³-hybridized carbons (Fsp3) is 0.600. The van der Waals surface area contributed by atoms with Crippen molar-refractivity contribution in [2.45, 2.75) is 12.5 Å². The first-order valence-corrected chi connectivity index (χ1v) is 6.86. The van der Waals surface area contributed by atoms with E-state index in [-0.39, 0.29) is 11.9 Å². The van der Waals surface area contributed by atoms with Crippen LogP contribution in [0.5, 0.6) is 0 Å². The van der Waals surface area contributed by atoms with Gasteiger partial charge < -0.3 is 19.5 Å². The van der Waals surface area contributed by atoms with E-state index in [9.17, 15) is 4.39 Å². The standard InChI is InChI=1S/C15H24FNO3/c1-17-12-15(13-4-6-14(16)7-5-13)20-11-10-19-9-3-8-18-2/h4-7,15,17H,3,8-12H2,1-2H3. The zero-order valence-corrected chi connectivity index (χ0v) is 12.2. The van der Waals surface area contributed by atoms with Crippen LogP contribution in [-0.4, -0.2) is 47.1 Å². The Labute approximate surface area is 120 Å². The second-order valence-electron chi connectivity index (χ2n) is 4.43. The van der Waals surface area contributed by atoms with E-state index in [1.165, 1.54) is 12.1 Å². The number of ether oxygens (including phenoxy) is 3. The lowest BCUT2D eigenvalue weighted by molar-refractivity contribution is 0.00139. The number of benzene rings is 1. The molecule has 0 aliphatic rings. The Balaban J connectivity index is 2.27. The molecule has 20 heavy (non-hydrogen) atoms. The average Bonchev–Trinajstić information content (AvgIpc) is 2.46. The van der Waals surface area contributed by atoms with Crippen LogP contribution < -0.4 is 5.32 Å². The Bertz CT molecular complexity index is 345. The van der Waals surface area contributed by atoms with E-state index in [4.69, 9.17) is 14.2 Å². The van der Waals surface area contributed by atoms with Crippen LogP contribution in [-0.2, 0) is 14.2 Å². The molecular formula is C15H24FNO3. The van der Waals surface area contributed by atoms with Gasteiger partial charge in [0.05, 0.1) is 19.3 Å². The first-order chi connectivity index (χ1) is 9.77. The Morgan fingerprint density at radius 2 is 1.85 bits per heavy atom. The van der Waals surface area contributed by atoms with E-state index in [1.54, 1.807) is 19.2 Å². The maximum absolute atomic E-state index is 12.9. The van der Waals surface area contributed by atoms with Crippen LogP contribution in [0.4, 0.5) is 4.39 Å². The zero-order valence-electron chi connectivity index (χ0n) is 12.2. The van der Waals surface area contributed by atoms with Gasteiger partial charge in [-0.2, -0.15) is 0 Å². The van der Waals surface area contributed by atoms with E-state index in [0.717, 1.165) is 12.0 Å². The van der Waals surface area contributed by atoms with Crippen LogP contribution in [0.25, 0.3) is 0 Å². The molecular weight excluding hydrogens is 261 g/mol. The predicted octanol–water partition coefficient (Wildman–Crippen LogP) is 2.16. The Hall–Kier alpha value is -1.01. The lowest BCUT2D eigenvalue weighted by Gasteiger charge is -2.18. The molecule has 1 N–H and O–H groups in total. The fourth-order valence-electron chi connectivity index (χ4n) is 1.79. The molecule has 1 atom stereocenters. The molecule has 0 aromatic heterocycles. The number of rotatable bonds is 11. The average molecular weight is 285 g/mol. The molecule has 1 aromatic rings. The first kappa shape index (κ1) is 17.0. The minimum Gasteiger partial charge on any atom is -0.385 e. The highest BCUT2D eigenvalue weighted by molar-refractivity contribution is 5.19. The molecule has 0 saturated carbocycles. The maximum Gasteiger partial charge on any atom is 0.123 e. The highest BCUT2D eigenvalue weighted by Crippen LogP contribution is 2.16. The summed E-state index contributed by atoms with van der Waals surface area (Å²) in [6, 6.07) is 6.39. The van der Waals surface area contributed by atoms with Gasteiger partial charge in [-0.05, 0) is 31.2 Å². The summed E-state index contributed by atoms with van der Waals surface area (Å²) >= 11 is 0. The van der Waals surface area contributed by atoms with Crippen molar-refractivity contribution >= 4 is 0 Å². The molecule has 0 saturated heterocycles. The predicted molar refractivity (Wildman–Crippen MR) is 76.3 cm³/mol. The van der Waals surface area contributed by atoms with Crippen LogP contribution in [0.15, 0.2) is 24.3 Å². The monoisotopic (exact) mass is 285 g/mol. The molecule has 4 nitrogen and oxygen atoms in total. The van der Waals surface area contributed by atoms with E-state index >= 15 is 0 Å². The molecule has 0 aliphatic heterocycles. The van der Waals surface area contributed by atoms with Crippen molar-refractivity contribution in [3.63, 3.8) is 0 Å². The molecule has 1 rings (SSSR count). The SMILES string of the molecule is CNCC(OCCOCCCOC)c1ccc(F)cc1. The van der Waals surface area contributed by atoms with Gasteiger partial charge in [0.25, 0.3) is 0 Å².